The lowest BCUT2D eigenvalue weighted by molar-refractivity contribution is 0.725. The Labute approximate surface area is 276 Å². The Bertz CT molecular complexity index is 2580. The summed E-state index contributed by atoms with van der Waals surface area (Å²) < 4.78 is 4.97. The van der Waals surface area contributed by atoms with Gasteiger partial charge in [0.25, 0.3) is 0 Å². The summed E-state index contributed by atoms with van der Waals surface area (Å²) in [6.45, 7) is 0. The summed E-state index contributed by atoms with van der Waals surface area (Å²) >= 11 is 1.86. The molecule has 1 aliphatic heterocycles. The number of hydrogen-bond donors (Lipinski definition) is 0. The largest absolute Gasteiger partial charge is 0.290 e. The number of imidazole rings is 1. The van der Waals surface area contributed by atoms with Crippen LogP contribution in [0, 0.1) is 0 Å². The normalized spacial score (nSPS) is 13.3. The standard InChI is InChI=1S/C43H27N3S/c1-3-12-30(13-4-1)43(31-14-5-2-6-15-31)34-17-11-19-36-41(34)46(42(45-36)37-18-9-10-25-44-37)38-23-21-29(27-35(38)43)28-22-24-40-33(26-28)32-16-7-8-20-39(32)47-40/h1-27H. The van der Waals surface area contributed by atoms with Gasteiger partial charge in [0.2, 0.25) is 0 Å². The van der Waals surface area contributed by atoms with Gasteiger partial charge in [0.05, 0.1) is 22.1 Å². The predicted octanol–water partition coefficient (Wildman–Crippen LogP) is 10.8. The number of benzene rings is 6. The maximum absolute atomic E-state index is 5.25. The van der Waals surface area contributed by atoms with Crippen LogP contribution in [-0.2, 0) is 5.41 Å². The van der Waals surface area contributed by atoms with Crippen molar-refractivity contribution < 1.29 is 0 Å². The van der Waals surface area contributed by atoms with E-state index >= 15 is 0 Å². The van der Waals surface area contributed by atoms with Gasteiger partial charge >= 0.3 is 0 Å². The van der Waals surface area contributed by atoms with Crippen molar-refractivity contribution in [2.75, 3.05) is 0 Å². The molecule has 10 rings (SSSR count). The number of nitrogens with zero attached hydrogens (tertiary/aromatic N) is 3. The smallest absolute Gasteiger partial charge is 0.164 e. The van der Waals surface area contributed by atoms with Gasteiger partial charge in [-0.1, -0.05) is 109 Å². The van der Waals surface area contributed by atoms with Crippen molar-refractivity contribution in [1.29, 1.82) is 0 Å². The summed E-state index contributed by atoms with van der Waals surface area (Å²) in [6.07, 6.45) is 1.85. The highest BCUT2D eigenvalue weighted by molar-refractivity contribution is 7.25. The zero-order valence-corrected chi connectivity index (χ0v) is 26.2. The van der Waals surface area contributed by atoms with E-state index in [0.29, 0.717) is 0 Å². The molecule has 0 atom stereocenters. The van der Waals surface area contributed by atoms with Gasteiger partial charge < -0.3 is 0 Å². The molecule has 0 fully saturated rings. The molecule has 0 bridgehead atoms. The Morgan fingerprint density at radius 1 is 0.532 bits per heavy atom. The maximum Gasteiger partial charge on any atom is 0.164 e. The third kappa shape index (κ3) is 3.73. The monoisotopic (exact) mass is 617 g/mol. The Balaban J connectivity index is 1.34. The van der Waals surface area contributed by atoms with Crippen LogP contribution >= 0.6 is 11.3 Å². The molecular formula is C43H27N3S. The molecule has 4 heteroatoms. The SMILES string of the molecule is c1ccc(C2(c3ccccc3)c3cc(-c4ccc5sc6ccccc6c5c4)ccc3-n3c(-c4ccccn4)nc4cccc2c43)cc1. The van der Waals surface area contributed by atoms with Crippen LogP contribution in [0.15, 0.2) is 164 Å². The lowest BCUT2D eigenvalue weighted by atomic mass is 9.63. The fraction of sp³-hybridized carbons (Fsp3) is 0.0233. The minimum Gasteiger partial charge on any atom is -0.290 e. The summed E-state index contributed by atoms with van der Waals surface area (Å²) in [4.78, 5) is 10.0. The van der Waals surface area contributed by atoms with E-state index in [0.717, 1.165) is 28.2 Å². The molecule has 0 amide bonds. The van der Waals surface area contributed by atoms with Crippen LogP contribution in [0.3, 0.4) is 0 Å². The second-order valence-electron chi connectivity index (χ2n) is 12.2. The number of fused-ring (bicyclic) bond motifs is 5. The first-order valence-corrected chi connectivity index (χ1v) is 16.7. The minimum absolute atomic E-state index is 0.579. The van der Waals surface area contributed by atoms with Crippen LogP contribution in [0.25, 0.3) is 59.5 Å². The van der Waals surface area contributed by atoms with Crippen molar-refractivity contribution in [3.8, 4) is 28.3 Å². The molecule has 3 aromatic heterocycles. The second-order valence-corrected chi connectivity index (χ2v) is 13.3. The molecule has 0 radical (unpaired) electrons. The highest BCUT2D eigenvalue weighted by Crippen LogP contribution is 2.54. The van der Waals surface area contributed by atoms with E-state index in [9.17, 15) is 0 Å². The fourth-order valence-corrected chi connectivity index (χ4v) is 8.84. The molecule has 47 heavy (non-hydrogen) atoms. The molecule has 9 aromatic rings. The van der Waals surface area contributed by atoms with Crippen molar-refractivity contribution in [3.63, 3.8) is 0 Å². The van der Waals surface area contributed by atoms with Crippen molar-refractivity contribution in [2.45, 2.75) is 5.41 Å². The van der Waals surface area contributed by atoms with Crippen LogP contribution in [0.4, 0.5) is 0 Å². The first-order valence-electron chi connectivity index (χ1n) is 15.9. The van der Waals surface area contributed by atoms with Crippen LogP contribution in [0.5, 0.6) is 0 Å². The van der Waals surface area contributed by atoms with Crippen molar-refractivity contribution in [1.82, 2.24) is 14.5 Å². The summed E-state index contributed by atoms with van der Waals surface area (Å²) in [5.74, 6) is 0.850. The van der Waals surface area contributed by atoms with E-state index < -0.39 is 5.41 Å². The number of hydrogen-bond acceptors (Lipinski definition) is 3. The van der Waals surface area contributed by atoms with Gasteiger partial charge in [-0.15, -0.1) is 11.3 Å². The second kappa shape index (κ2) is 10.1. The van der Waals surface area contributed by atoms with Crippen LogP contribution in [0.1, 0.15) is 22.3 Å². The molecule has 0 unspecified atom stereocenters. The first kappa shape index (κ1) is 26.4. The van der Waals surface area contributed by atoms with Crippen LogP contribution in [-0.4, -0.2) is 14.5 Å². The average molecular weight is 618 g/mol. The highest BCUT2D eigenvalue weighted by atomic mass is 32.1. The zero-order chi connectivity index (χ0) is 31.0. The van der Waals surface area contributed by atoms with Gasteiger partial charge in [0, 0.05) is 26.4 Å². The summed E-state index contributed by atoms with van der Waals surface area (Å²) in [5.41, 5.74) is 10.7. The molecule has 0 saturated heterocycles. The molecule has 0 N–H and O–H groups in total. The summed E-state index contributed by atoms with van der Waals surface area (Å²) in [6, 6.07) is 57.2. The Hall–Kier alpha value is -5.84. The number of pyridine rings is 1. The van der Waals surface area contributed by atoms with E-state index in [4.69, 9.17) is 9.97 Å². The third-order valence-corrected chi connectivity index (χ3v) is 10.9. The van der Waals surface area contributed by atoms with E-state index in [1.165, 1.54) is 53.6 Å². The Kier molecular flexibility index (Phi) is 5.66. The van der Waals surface area contributed by atoms with E-state index in [-0.39, 0.29) is 0 Å². The first-order chi connectivity index (χ1) is 23.3. The van der Waals surface area contributed by atoms with E-state index in [1.54, 1.807) is 0 Å². The van der Waals surface area contributed by atoms with Gasteiger partial charge in [-0.3, -0.25) is 9.55 Å². The average Bonchev–Trinajstić information content (AvgIpc) is 3.72. The number of thiophene rings is 1. The minimum atomic E-state index is -0.579. The predicted molar refractivity (Wildman–Crippen MR) is 194 cm³/mol. The molecule has 3 nitrogen and oxygen atoms in total. The lowest BCUT2D eigenvalue weighted by Crippen LogP contribution is -2.35. The van der Waals surface area contributed by atoms with Gasteiger partial charge in [-0.2, -0.15) is 0 Å². The van der Waals surface area contributed by atoms with Crippen molar-refractivity contribution in [3.05, 3.63) is 186 Å². The molecule has 1 aliphatic rings. The number of aromatic nitrogens is 3. The molecule has 0 saturated carbocycles. The van der Waals surface area contributed by atoms with Crippen LogP contribution < -0.4 is 0 Å². The Morgan fingerprint density at radius 2 is 1.23 bits per heavy atom. The van der Waals surface area contributed by atoms with Gasteiger partial charge in [-0.05, 0) is 81.9 Å². The fourth-order valence-electron chi connectivity index (χ4n) is 7.76. The topological polar surface area (TPSA) is 30.7 Å². The quantitative estimate of drug-likeness (QED) is 0.197. The molecule has 220 valence electrons. The van der Waals surface area contributed by atoms with Gasteiger partial charge in [0.1, 0.15) is 5.69 Å². The van der Waals surface area contributed by atoms with E-state index in [1.807, 2.05) is 29.7 Å². The van der Waals surface area contributed by atoms with Gasteiger partial charge in [0.15, 0.2) is 5.82 Å². The molecule has 4 heterocycles. The number of rotatable bonds is 4. The summed E-state index contributed by atoms with van der Waals surface area (Å²) in [7, 11) is 0. The molecular weight excluding hydrogens is 591 g/mol. The van der Waals surface area contributed by atoms with Crippen LogP contribution in [0.2, 0.25) is 0 Å². The third-order valence-electron chi connectivity index (χ3n) is 9.74. The van der Waals surface area contributed by atoms with E-state index in [2.05, 4.69) is 150 Å². The maximum atomic E-state index is 5.25. The molecule has 6 aromatic carbocycles. The highest BCUT2D eigenvalue weighted by Gasteiger charge is 2.45. The Morgan fingerprint density at radius 3 is 2.02 bits per heavy atom. The zero-order valence-electron chi connectivity index (χ0n) is 25.3. The molecule has 0 spiro atoms. The van der Waals surface area contributed by atoms with Crippen molar-refractivity contribution in [2.24, 2.45) is 0 Å². The lowest BCUT2D eigenvalue weighted by Gasteiger charge is -2.41. The van der Waals surface area contributed by atoms with Crippen molar-refractivity contribution >= 4 is 42.5 Å². The summed E-state index contributed by atoms with van der Waals surface area (Å²) in [5, 5.41) is 2.61. The number of para-hydroxylation sites is 1. The van der Waals surface area contributed by atoms with Gasteiger partial charge in [-0.25, -0.2) is 4.98 Å². The molecule has 0 aliphatic carbocycles.